The minimum absolute atomic E-state index is 0.461. The van der Waals surface area contributed by atoms with Crippen molar-refractivity contribution in [2.75, 3.05) is 6.54 Å². The molecule has 0 aliphatic carbocycles. The molecule has 0 saturated carbocycles. The van der Waals surface area contributed by atoms with Gasteiger partial charge in [0.25, 0.3) is 0 Å². The molecule has 0 N–H and O–H groups in total. The smallest absolute Gasteiger partial charge is 0.151 e. The van der Waals surface area contributed by atoms with Gasteiger partial charge in [0.2, 0.25) is 0 Å². The van der Waals surface area contributed by atoms with Crippen LogP contribution in [0.2, 0.25) is 5.15 Å². The lowest BCUT2D eigenvalue weighted by Gasteiger charge is -2.19. The Bertz CT molecular complexity index is 299. The number of hydrogen-bond donors (Lipinski definition) is 0. The zero-order valence-corrected chi connectivity index (χ0v) is 9.04. The molecule has 1 aromatic heterocycles. The lowest BCUT2D eigenvalue weighted by atomic mass is 10.2. The zero-order valence-electron chi connectivity index (χ0n) is 8.28. The second-order valence-electron chi connectivity index (χ2n) is 3.81. The Balaban J connectivity index is 2.00. The van der Waals surface area contributed by atoms with Gasteiger partial charge in [-0.2, -0.15) is 5.10 Å². The Kier molecular flexibility index (Phi) is 2.99. The van der Waals surface area contributed by atoms with E-state index < -0.39 is 0 Å². The predicted octanol–water partition coefficient (Wildman–Crippen LogP) is 2.11. The van der Waals surface area contributed by atoms with Crippen LogP contribution < -0.4 is 0 Å². The molecule has 1 aromatic rings. The Morgan fingerprint density at radius 2 is 2.36 bits per heavy atom. The molecule has 0 radical (unpaired) electrons. The Hall–Kier alpha value is -0.670. The minimum Gasteiger partial charge on any atom is -0.295 e. The van der Waals surface area contributed by atoms with Gasteiger partial charge in [0.05, 0.1) is 5.69 Å². The molecule has 2 heterocycles. The minimum atomic E-state index is 0.461. The van der Waals surface area contributed by atoms with Crippen LogP contribution in [0.15, 0.2) is 12.1 Å². The van der Waals surface area contributed by atoms with Crippen molar-refractivity contribution in [1.29, 1.82) is 0 Å². The fraction of sp³-hybridized carbons (Fsp3) is 0.600. The van der Waals surface area contributed by atoms with Gasteiger partial charge >= 0.3 is 0 Å². The molecule has 1 aliphatic heterocycles. The van der Waals surface area contributed by atoms with Crippen LogP contribution in [0, 0.1) is 0 Å². The summed E-state index contributed by atoms with van der Waals surface area (Å²) in [7, 11) is 0. The summed E-state index contributed by atoms with van der Waals surface area (Å²) in [5.41, 5.74) is 1.00. The standard InChI is InChI=1S/C10H14ClN3/c1-8-3-2-6-14(8)7-9-4-5-10(11)13-12-9/h4-5,8H,2-3,6-7H2,1H3. The molecule has 4 heteroatoms. The highest BCUT2D eigenvalue weighted by Crippen LogP contribution is 2.18. The highest BCUT2D eigenvalue weighted by Gasteiger charge is 2.20. The van der Waals surface area contributed by atoms with Crippen LogP contribution in [-0.4, -0.2) is 27.7 Å². The maximum Gasteiger partial charge on any atom is 0.151 e. The van der Waals surface area contributed by atoms with E-state index in [-0.39, 0.29) is 0 Å². The maximum atomic E-state index is 5.67. The van der Waals surface area contributed by atoms with Crippen molar-refractivity contribution >= 4 is 11.6 Å². The van der Waals surface area contributed by atoms with Gasteiger partial charge in [-0.25, -0.2) is 0 Å². The van der Waals surface area contributed by atoms with Crippen LogP contribution in [0.1, 0.15) is 25.5 Å². The van der Waals surface area contributed by atoms with E-state index in [1.54, 1.807) is 6.07 Å². The lowest BCUT2D eigenvalue weighted by Crippen LogP contribution is -2.26. The monoisotopic (exact) mass is 211 g/mol. The summed E-state index contributed by atoms with van der Waals surface area (Å²) in [5.74, 6) is 0. The molecule has 14 heavy (non-hydrogen) atoms. The Morgan fingerprint density at radius 1 is 1.50 bits per heavy atom. The van der Waals surface area contributed by atoms with Crippen molar-refractivity contribution in [3.8, 4) is 0 Å². The fourth-order valence-electron chi connectivity index (χ4n) is 1.86. The first-order valence-corrected chi connectivity index (χ1v) is 5.35. The van der Waals surface area contributed by atoms with Crippen LogP contribution in [0.3, 0.4) is 0 Å². The normalized spacial score (nSPS) is 22.9. The van der Waals surface area contributed by atoms with Crippen molar-refractivity contribution in [3.05, 3.63) is 23.0 Å². The highest BCUT2D eigenvalue weighted by atomic mass is 35.5. The molecule has 3 nitrogen and oxygen atoms in total. The quantitative estimate of drug-likeness (QED) is 0.751. The number of rotatable bonds is 2. The summed E-state index contributed by atoms with van der Waals surface area (Å²) in [6.07, 6.45) is 2.59. The van der Waals surface area contributed by atoms with Gasteiger partial charge in [-0.15, -0.1) is 5.10 Å². The summed E-state index contributed by atoms with van der Waals surface area (Å²) < 4.78 is 0. The van der Waals surface area contributed by atoms with E-state index in [1.165, 1.54) is 19.4 Å². The van der Waals surface area contributed by atoms with Gasteiger partial charge in [0, 0.05) is 12.6 Å². The first-order valence-electron chi connectivity index (χ1n) is 4.98. The third-order valence-corrected chi connectivity index (χ3v) is 2.94. The highest BCUT2D eigenvalue weighted by molar-refractivity contribution is 6.29. The van der Waals surface area contributed by atoms with Gasteiger partial charge in [-0.05, 0) is 38.4 Å². The average molecular weight is 212 g/mol. The van der Waals surface area contributed by atoms with Crippen LogP contribution in [0.5, 0.6) is 0 Å². The van der Waals surface area contributed by atoms with Crippen molar-refractivity contribution in [3.63, 3.8) is 0 Å². The van der Waals surface area contributed by atoms with Crippen molar-refractivity contribution in [1.82, 2.24) is 15.1 Å². The van der Waals surface area contributed by atoms with E-state index in [9.17, 15) is 0 Å². The molecule has 0 amide bonds. The summed E-state index contributed by atoms with van der Waals surface area (Å²) in [4.78, 5) is 2.43. The maximum absolute atomic E-state index is 5.67. The van der Waals surface area contributed by atoms with Crippen LogP contribution in [-0.2, 0) is 6.54 Å². The Morgan fingerprint density at radius 3 is 2.93 bits per heavy atom. The predicted molar refractivity (Wildman–Crippen MR) is 56.1 cm³/mol. The van der Waals surface area contributed by atoms with Crippen LogP contribution in [0.4, 0.5) is 0 Å². The van der Waals surface area contributed by atoms with Gasteiger partial charge in [-0.3, -0.25) is 4.90 Å². The number of hydrogen-bond acceptors (Lipinski definition) is 3. The second kappa shape index (κ2) is 4.24. The lowest BCUT2D eigenvalue weighted by molar-refractivity contribution is 0.256. The van der Waals surface area contributed by atoms with Gasteiger partial charge in [-0.1, -0.05) is 11.6 Å². The van der Waals surface area contributed by atoms with Gasteiger partial charge < -0.3 is 0 Å². The second-order valence-corrected chi connectivity index (χ2v) is 4.20. The summed E-state index contributed by atoms with van der Waals surface area (Å²) >= 11 is 5.67. The van der Waals surface area contributed by atoms with E-state index >= 15 is 0 Å². The topological polar surface area (TPSA) is 29.0 Å². The number of likely N-dealkylation sites (tertiary alicyclic amines) is 1. The molecular weight excluding hydrogens is 198 g/mol. The number of aromatic nitrogens is 2. The van der Waals surface area contributed by atoms with Crippen molar-refractivity contribution < 1.29 is 0 Å². The molecule has 1 saturated heterocycles. The summed E-state index contributed by atoms with van der Waals surface area (Å²) in [6, 6.07) is 4.41. The van der Waals surface area contributed by atoms with Crippen LogP contribution in [0.25, 0.3) is 0 Å². The summed E-state index contributed by atoms with van der Waals surface area (Å²) in [5, 5.41) is 8.35. The third-order valence-electron chi connectivity index (χ3n) is 2.74. The van der Waals surface area contributed by atoms with Crippen molar-refractivity contribution in [2.45, 2.75) is 32.4 Å². The number of nitrogens with zero attached hydrogens (tertiary/aromatic N) is 3. The average Bonchev–Trinajstić information content (AvgIpc) is 2.56. The molecule has 0 spiro atoms. The summed E-state index contributed by atoms with van der Waals surface area (Å²) in [6.45, 7) is 4.33. The molecule has 1 aliphatic rings. The van der Waals surface area contributed by atoms with E-state index in [0.29, 0.717) is 11.2 Å². The van der Waals surface area contributed by atoms with Gasteiger partial charge in [0.15, 0.2) is 5.15 Å². The third kappa shape index (κ3) is 2.22. The molecule has 1 unspecified atom stereocenters. The number of halogens is 1. The largest absolute Gasteiger partial charge is 0.295 e. The molecule has 1 fully saturated rings. The first kappa shape index (κ1) is 9.87. The van der Waals surface area contributed by atoms with E-state index in [0.717, 1.165) is 12.2 Å². The SMILES string of the molecule is CC1CCCN1Cc1ccc(Cl)nn1. The molecule has 0 aromatic carbocycles. The van der Waals surface area contributed by atoms with E-state index in [4.69, 9.17) is 11.6 Å². The zero-order chi connectivity index (χ0) is 9.97. The first-order chi connectivity index (χ1) is 6.75. The van der Waals surface area contributed by atoms with E-state index in [2.05, 4.69) is 22.0 Å². The molecule has 76 valence electrons. The molecule has 1 atom stereocenters. The molecule has 0 bridgehead atoms. The van der Waals surface area contributed by atoms with Crippen LogP contribution >= 0.6 is 11.6 Å². The van der Waals surface area contributed by atoms with Crippen molar-refractivity contribution in [2.24, 2.45) is 0 Å². The van der Waals surface area contributed by atoms with E-state index in [1.807, 2.05) is 6.07 Å². The molecular formula is C10H14ClN3. The van der Waals surface area contributed by atoms with Gasteiger partial charge in [0.1, 0.15) is 0 Å². The Labute approximate surface area is 89.1 Å². The molecule has 2 rings (SSSR count). The fourth-order valence-corrected chi connectivity index (χ4v) is 1.96.